The predicted octanol–water partition coefficient (Wildman–Crippen LogP) is 4.63. The van der Waals surface area contributed by atoms with Gasteiger partial charge in [-0.1, -0.05) is 18.2 Å². The average Bonchev–Trinajstić information content (AvgIpc) is 2.37. The van der Waals surface area contributed by atoms with Crippen molar-refractivity contribution in [2.75, 3.05) is 12.4 Å². The van der Waals surface area contributed by atoms with E-state index in [9.17, 15) is 0 Å². The van der Waals surface area contributed by atoms with E-state index in [0.717, 1.165) is 5.69 Å². The highest BCUT2D eigenvalue weighted by Crippen LogP contribution is 2.32. The Morgan fingerprint density at radius 3 is 1.72 bits per heavy atom. The fraction of sp³-hybridized carbons (Fsp3) is 0.294. The second-order valence-corrected chi connectivity index (χ2v) is 4.96. The van der Waals surface area contributed by atoms with Gasteiger partial charge in [0.25, 0.3) is 0 Å². The van der Waals surface area contributed by atoms with Crippen LogP contribution in [0.5, 0.6) is 0 Å². The summed E-state index contributed by atoms with van der Waals surface area (Å²) in [5.74, 6) is 0. The molecule has 0 radical (unpaired) electrons. The Morgan fingerprint density at radius 1 is 0.778 bits per heavy atom. The van der Waals surface area contributed by atoms with Gasteiger partial charge in [0.05, 0.1) is 0 Å². The fourth-order valence-corrected chi connectivity index (χ4v) is 2.45. The Morgan fingerprint density at radius 2 is 1.28 bits per heavy atom. The molecule has 0 bridgehead atoms. The molecule has 0 aliphatic rings. The summed E-state index contributed by atoms with van der Waals surface area (Å²) in [6, 6.07) is 10.9. The smallest absolute Gasteiger partial charge is 0.0337 e. The molecular formula is C17H21N. The van der Waals surface area contributed by atoms with E-state index in [1.165, 1.54) is 33.4 Å². The molecule has 0 aliphatic heterocycles. The van der Waals surface area contributed by atoms with E-state index in [2.05, 4.69) is 63.3 Å². The molecular weight excluding hydrogens is 218 g/mol. The Labute approximate surface area is 110 Å². The number of benzene rings is 2. The molecule has 0 aromatic heterocycles. The van der Waals surface area contributed by atoms with Crippen LogP contribution in [0.15, 0.2) is 30.3 Å². The summed E-state index contributed by atoms with van der Waals surface area (Å²) in [5.41, 5.74) is 9.34. The van der Waals surface area contributed by atoms with Crippen LogP contribution in [0, 0.1) is 27.7 Å². The first kappa shape index (κ1) is 12.7. The van der Waals surface area contributed by atoms with Crippen molar-refractivity contribution in [2.24, 2.45) is 0 Å². The maximum Gasteiger partial charge on any atom is 0.0337 e. The van der Waals surface area contributed by atoms with Crippen molar-refractivity contribution in [1.82, 2.24) is 0 Å². The molecule has 94 valence electrons. The number of rotatable bonds is 2. The maximum absolute atomic E-state index is 3.16. The van der Waals surface area contributed by atoms with Crippen molar-refractivity contribution >= 4 is 5.69 Å². The third kappa shape index (κ3) is 2.13. The molecule has 2 aromatic rings. The quantitative estimate of drug-likeness (QED) is 0.805. The minimum atomic E-state index is 1.15. The highest BCUT2D eigenvalue weighted by molar-refractivity contribution is 5.74. The van der Waals surface area contributed by atoms with Crippen LogP contribution in [0.1, 0.15) is 22.3 Å². The maximum atomic E-state index is 3.16. The minimum absolute atomic E-state index is 1.15. The summed E-state index contributed by atoms with van der Waals surface area (Å²) >= 11 is 0. The van der Waals surface area contributed by atoms with Gasteiger partial charge in [0.2, 0.25) is 0 Å². The fourth-order valence-electron chi connectivity index (χ4n) is 2.45. The van der Waals surface area contributed by atoms with Gasteiger partial charge in [-0.2, -0.15) is 0 Å². The third-order valence-electron chi connectivity index (χ3n) is 3.83. The topological polar surface area (TPSA) is 12.0 Å². The summed E-state index contributed by atoms with van der Waals surface area (Å²) in [6.07, 6.45) is 0. The first-order chi connectivity index (χ1) is 8.54. The molecule has 0 atom stereocenters. The van der Waals surface area contributed by atoms with Gasteiger partial charge >= 0.3 is 0 Å². The van der Waals surface area contributed by atoms with E-state index in [1.54, 1.807) is 0 Å². The third-order valence-corrected chi connectivity index (χ3v) is 3.83. The molecule has 0 amide bonds. The van der Waals surface area contributed by atoms with Gasteiger partial charge in [-0.15, -0.1) is 0 Å². The molecule has 0 saturated heterocycles. The molecule has 1 heteroatoms. The van der Waals surface area contributed by atoms with Gasteiger partial charge in [-0.05, 0) is 73.2 Å². The molecule has 2 rings (SSSR count). The van der Waals surface area contributed by atoms with Crippen LogP contribution in [-0.4, -0.2) is 7.05 Å². The number of hydrogen-bond donors (Lipinski definition) is 1. The molecule has 0 fully saturated rings. The van der Waals surface area contributed by atoms with E-state index >= 15 is 0 Å². The summed E-state index contributed by atoms with van der Waals surface area (Å²) in [4.78, 5) is 0. The van der Waals surface area contributed by atoms with Crippen LogP contribution in [-0.2, 0) is 0 Å². The zero-order valence-electron chi connectivity index (χ0n) is 11.9. The summed E-state index contributed by atoms with van der Waals surface area (Å²) in [5, 5.41) is 3.16. The Balaban J connectivity index is 2.62. The second kappa shape index (κ2) is 4.85. The van der Waals surface area contributed by atoms with E-state index < -0.39 is 0 Å². The zero-order valence-corrected chi connectivity index (χ0v) is 11.9. The van der Waals surface area contributed by atoms with Crippen molar-refractivity contribution in [3.05, 3.63) is 52.6 Å². The van der Waals surface area contributed by atoms with E-state index in [-0.39, 0.29) is 0 Å². The zero-order chi connectivity index (χ0) is 13.3. The van der Waals surface area contributed by atoms with E-state index in [4.69, 9.17) is 0 Å². The van der Waals surface area contributed by atoms with Gasteiger partial charge < -0.3 is 5.32 Å². The summed E-state index contributed by atoms with van der Waals surface area (Å²) < 4.78 is 0. The number of aryl methyl sites for hydroxylation is 2. The number of hydrogen-bond acceptors (Lipinski definition) is 1. The number of anilines is 1. The molecule has 0 spiro atoms. The lowest BCUT2D eigenvalue weighted by molar-refractivity contribution is 1.24. The van der Waals surface area contributed by atoms with Gasteiger partial charge in [-0.3, -0.25) is 0 Å². The molecule has 1 nitrogen and oxygen atoms in total. The first-order valence-corrected chi connectivity index (χ1v) is 6.40. The van der Waals surface area contributed by atoms with Crippen molar-refractivity contribution in [1.29, 1.82) is 0 Å². The highest BCUT2D eigenvalue weighted by atomic mass is 14.8. The lowest BCUT2D eigenvalue weighted by Gasteiger charge is -2.16. The van der Waals surface area contributed by atoms with Gasteiger partial charge in [0, 0.05) is 12.7 Å². The monoisotopic (exact) mass is 239 g/mol. The van der Waals surface area contributed by atoms with Crippen molar-refractivity contribution in [3.63, 3.8) is 0 Å². The Bertz CT molecular complexity index is 539. The summed E-state index contributed by atoms with van der Waals surface area (Å²) in [7, 11) is 1.95. The van der Waals surface area contributed by atoms with Crippen LogP contribution in [0.3, 0.4) is 0 Å². The number of nitrogens with one attached hydrogen (secondary N) is 1. The van der Waals surface area contributed by atoms with Crippen LogP contribution < -0.4 is 5.32 Å². The van der Waals surface area contributed by atoms with Crippen molar-refractivity contribution in [2.45, 2.75) is 27.7 Å². The Kier molecular flexibility index (Phi) is 3.42. The van der Waals surface area contributed by atoms with Crippen molar-refractivity contribution in [3.8, 4) is 11.1 Å². The molecule has 0 heterocycles. The molecule has 2 aromatic carbocycles. The molecule has 0 saturated carbocycles. The van der Waals surface area contributed by atoms with Crippen LogP contribution >= 0.6 is 0 Å². The normalized spacial score (nSPS) is 10.5. The molecule has 18 heavy (non-hydrogen) atoms. The van der Waals surface area contributed by atoms with Crippen LogP contribution in [0.4, 0.5) is 5.69 Å². The predicted molar refractivity (Wildman–Crippen MR) is 80.4 cm³/mol. The van der Waals surface area contributed by atoms with E-state index in [1.807, 2.05) is 7.05 Å². The van der Waals surface area contributed by atoms with E-state index in [0.29, 0.717) is 0 Å². The van der Waals surface area contributed by atoms with Crippen LogP contribution in [0.25, 0.3) is 11.1 Å². The standard InChI is InChI=1S/C17H21N/c1-11-10-12(2)14(4)17(13(11)3)15-6-8-16(18-5)9-7-15/h6-10,18H,1-5H3. The second-order valence-electron chi connectivity index (χ2n) is 4.96. The SMILES string of the molecule is CNc1ccc(-c2c(C)c(C)cc(C)c2C)cc1. The molecule has 0 unspecified atom stereocenters. The average molecular weight is 239 g/mol. The largest absolute Gasteiger partial charge is 0.388 e. The molecule has 1 N–H and O–H groups in total. The van der Waals surface area contributed by atoms with Gasteiger partial charge in [0.1, 0.15) is 0 Å². The van der Waals surface area contributed by atoms with Crippen molar-refractivity contribution < 1.29 is 0 Å². The minimum Gasteiger partial charge on any atom is -0.388 e. The Hall–Kier alpha value is -1.76. The van der Waals surface area contributed by atoms with Gasteiger partial charge in [0.15, 0.2) is 0 Å². The highest BCUT2D eigenvalue weighted by Gasteiger charge is 2.10. The molecule has 0 aliphatic carbocycles. The summed E-state index contributed by atoms with van der Waals surface area (Å²) in [6.45, 7) is 8.80. The first-order valence-electron chi connectivity index (χ1n) is 6.40. The van der Waals surface area contributed by atoms with Gasteiger partial charge in [-0.25, -0.2) is 0 Å². The van der Waals surface area contributed by atoms with Crippen LogP contribution in [0.2, 0.25) is 0 Å². The lowest BCUT2D eigenvalue weighted by Crippen LogP contribution is -1.95. The lowest BCUT2D eigenvalue weighted by atomic mass is 9.90.